The fraction of sp³-hybridized carbons (Fsp3) is 0.818. The van der Waals surface area contributed by atoms with Crippen LogP contribution in [0, 0.1) is 0 Å². The highest BCUT2D eigenvalue weighted by Crippen LogP contribution is 1.92. The first-order valence-corrected chi connectivity index (χ1v) is 5.61. The summed E-state index contributed by atoms with van der Waals surface area (Å²) in [5.74, 6) is -0.272. The third-order valence-electron chi connectivity index (χ3n) is 1.80. The molecule has 0 unspecified atom stereocenters. The lowest BCUT2D eigenvalue weighted by Crippen LogP contribution is -2.31. The summed E-state index contributed by atoms with van der Waals surface area (Å²) < 4.78 is 4.60. The number of hydrogen-bond acceptors (Lipinski definition) is 7. The molecule has 0 radical (unpaired) electrons. The summed E-state index contributed by atoms with van der Waals surface area (Å²) in [7, 11) is 0. The molecule has 0 saturated carbocycles. The Kier molecular flexibility index (Phi) is 13.4. The molecule has 0 aliphatic carbocycles. The molecule has 7 heteroatoms. The Labute approximate surface area is 106 Å². The van der Waals surface area contributed by atoms with Crippen LogP contribution in [0.5, 0.6) is 0 Å². The number of esters is 1. The number of aliphatic hydroxyl groups is 4. The van der Waals surface area contributed by atoms with Crippen LogP contribution in [0.1, 0.15) is 26.7 Å². The van der Waals surface area contributed by atoms with E-state index in [4.69, 9.17) is 20.4 Å². The Hall–Kier alpha value is -1.02. The highest BCUT2D eigenvalue weighted by molar-refractivity contribution is 5.80. The van der Waals surface area contributed by atoms with Crippen molar-refractivity contribution >= 4 is 11.8 Å². The van der Waals surface area contributed by atoms with Crippen molar-refractivity contribution < 1.29 is 34.8 Å². The Morgan fingerprint density at radius 1 is 1.06 bits per heavy atom. The lowest BCUT2D eigenvalue weighted by Gasteiger charge is -2.10. The minimum Gasteiger partial charge on any atom is -0.466 e. The van der Waals surface area contributed by atoms with E-state index < -0.39 is 25.4 Å². The van der Waals surface area contributed by atoms with Gasteiger partial charge in [0.25, 0.3) is 0 Å². The smallest absolute Gasteiger partial charge is 0.306 e. The van der Waals surface area contributed by atoms with E-state index in [-0.39, 0.29) is 18.2 Å². The van der Waals surface area contributed by atoms with Gasteiger partial charge in [0.05, 0.1) is 26.2 Å². The van der Waals surface area contributed by atoms with Gasteiger partial charge in [0, 0.05) is 6.42 Å². The molecule has 0 heterocycles. The summed E-state index contributed by atoms with van der Waals surface area (Å²) in [5, 5.41) is 33.2. The zero-order valence-electron chi connectivity index (χ0n) is 10.7. The van der Waals surface area contributed by atoms with Gasteiger partial charge in [-0.2, -0.15) is 0 Å². The average molecular weight is 266 g/mol. The largest absolute Gasteiger partial charge is 0.466 e. The second-order valence-electron chi connectivity index (χ2n) is 3.51. The van der Waals surface area contributed by atoms with E-state index >= 15 is 0 Å². The van der Waals surface area contributed by atoms with Crippen LogP contribution in [0.2, 0.25) is 0 Å². The van der Waals surface area contributed by atoms with E-state index in [2.05, 4.69) is 4.74 Å². The minimum atomic E-state index is -1.22. The third-order valence-corrected chi connectivity index (χ3v) is 1.80. The standard InChI is InChI=1S/C7H12O3.C4H10O4/c1-3-10-7(9)5-4-6(2)8;5-1-3(7)4(8)2-6/h3-5H2,1-2H3;3-8H,1-2H2/t;3-,4+. The number of Topliss-reactive ketones (excluding diaryl/α,β-unsaturated/α-hetero) is 1. The third kappa shape index (κ3) is 13.0. The zero-order chi connectivity index (χ0) is 14.6. The number of carbonyl (C=O) groups excluding carboxylic acids is 2. The van der Waals surface area contributed by atoms with Crippen LogP contribution < -0.4 is 0 Å². The maximum absolute atomic E-state index is 10.6. The molecule has 0 aromatic carbocycles. The molecule has 0 saturated heterocycles. The van der Waals surface area contributed by atoms with Gasteiger partial charge in [0.15, 0.2) is 0 Å². The van der Waals surface area contributed by atoms with E-state index in [1.54, 1.807) is 6.92 Å². The topological polar surface area (TPSA) is 124 Å². The van der Waals surface area contributed by atoms with Gasteiger partial charge >= 0.3 is 5.97 Å². The first-order valence-electron chi connectivity index (χ1n) is 5.61. The molecule has 108 valence electrons. The van der Waals surface area contributed by atoms with Crippen molar-refractivity contribution in [1.82, 2.24) is 0 Å². The Morgan fingerprint density at radius 2 is 1.50 bits per heavy atom. The molecule has 0 amide bonds. The molecule has 0 aromatic rings. The minimum absolute atomic E-state index is 0.0213. The molecule has 0 aliphatic heterocycles. The van der Waals surface area contributed by atoms with Crippen molar-refractivity contribution in [1.29, 1.82) is 0 Å². The van der Waals surface area contributed by atoms with Gasteiger partial charge in [-0.1, -0.05) is 0 Å². The van der Waals surface area contributed by atoms with Crippen LogP contribution in [-0.2, 0) is 14.3 Å². The second kappa shape index (κ2) is 12.4. The normalized spacial score (nSPS) is 13.0. The van der Waals surface area contributed by atoms with Gasteiger partial charge in [-0.05, 0) is 13.8 Å². The van der Waals surface area contributed by atoms with E-state index in [0.29, 0.717) is 13.0 Å². The van der Waals surface area contributed by atoms with E-state index in [1.807, 2.05) is 0 Å². The molecule has 0 fully saturated rings. The highest BCUT2D eigenvalue weighted by Gasteiger charge is 2.12. The van der Waals surface area contributed by atoms with Crippen molar-refractivity contribution in [2.75, 3.05) is 19.8 Å². The van der Waals surface area contributed by atoms with E-state index in [0.717, 1.165) is 0 Å². The van der Waals surface area contributed by atoms with Gasteiger partial charge in [0.1, 0.15) is 18.0 Å². The molecular weight excluding hydrogens is 244 g/mol. The summed E-state index contributed by atoms with van der Waals surface area (Å²) in [4.78, 5) is 20.9. The summed E-state index contributed by atoms with van der Waals surface area (Å²) >= 11 is 0. The van der Waals surface area contributed by atoms with Crippen LogP contribution in [0.3, 0.4) is 0 Å². The van der Waals surface area contributed by atoms with E-state index in [9.17, 15) is 9.59 Å². The van der Waals surface area contributed by atoms with Crippen LogP contribution >= 0.6 is 0 Å². The number of ketones is 1. The molecule has 2 atom stereocenters. The molecule has 4 N–H and O–H groups in total. The molecule has 0 aliphatic rings. The first kappa shape index (κ1) is 19.3. The zero-order valence-corrected chi connectivity index (χ0v) is 10.7. The van der Waals surface area contributed by atoms with Gasteiger partial charge in [0.2, 0.25) is 0 Å². The number of hydrogen-bond donors (Lipinski definition) is 4. The maximum Gasteiger partial charge on any atom is 0.306 e. The Balaban J connectivity index is 0. The summed E-state index contributed by atoms with van der Waals surface area (Å²) in [6.45, 7) is 2.53. The van der Waals surface area contributed by atoms with Crippen molar-refractivity contribution in [3.05, 3.63) is 0 Å². The van der Waals surface area contributed by atoms with Crippen molar-refractivity contribution in [3.63, 3.8) is 0 Å². The molecular formula is C11H22O7. The fourth-order valence-electron chi connectivity index (χ4n) is 0.755. The Morgan fingerprint density at radius 3 is 1.78 bits per heavy atom. The maximum atomic E-state index is 10.6. The number of carbonyl (C=O) groups is 2. The predicted molar refractivity (Wildman–Crippen MR) is 62.7 cm³/mol. The summed E-state index contributed by atoms with van der Waals surface area (Å²) in [6.07, 6.45) is -1.94. The van der Waals surface area contributed by atoms with Gasteiger partial charge in [-0.3, -0.25) is 4.79 Å². The number of aliphatic hydroxyl groups excluding tert-OH is 4. The quantitative estimate of drug-likeness (QED) is 0.418. The van der Waals surface area contributed by atoms with Crippen LogP contribution in [0.4, 0.5) is 0 Å². The average Bonchev–Trinajstić information content (AvgIpc) is 2.35. The second-order valence-corrected chi connectivity index (χ2v) is 3.51. The van der Waals surface area contributed by atoms with Gasteiger partial charge in [-0.15, -0.1) is 0 Å². The van der Waals surface area contributed by atoms with Gasteiger partial charge in [-0.25, -0.2) is 0 Å². The summed E-state index contributed by atoms with van der Waals surface area (Å²) in [6, 6.07) is 0. The predicted octanol–water partition coefficient (Wildman–Crippen LogP) is -1.39. The molecule has 0 rings (SSSR count). The van der Waals surface area contributed by atoms with Crippen LogP contribution in [-0.4, -0.2) is 64.2 Å². The summed E-state index contributed by atoms with van der Waals surface area (Å²) in [5.41, 5.74) is 0. The molecule has 18 heavy (non-hydrogen) atoms. The first-order chi connectivity index (χ1) is 8.38. The monoisotopic (exact) mass is 266 g/mol. The Bertz CT molecular complexity index is 221. The van der Waals surface area contributed by atoms with Gasteiger partial charge < -0.3 is 30.0 Å². The SMILES string of the molecule is CCOC(=O)CCC(C)=O.OC[C@@H](O)[C@@H](O)CO. The van der Waals surface area contributed by atoms with Crippen molar-refractivity contribution in [2.45, 2.75) is 38.9 Å². The molecule has 0 aromatic heterocycles. The lowest BCUT2D eigenvalue weighted by molar-refractivity contribution is -0.144. The van der Waals surface area contributed by atoms with Crippen molar-refractivity contribution in [2.24, 2.45) is 0 Å². The van der Waals surface area contributed by atoms with Crippen molar-refractivity contribution in [3.8, 4) is 0 Å². The van der Waals surface area contributed by atoms with Crippen LogP contribution in [0.15, 0.2) is 0 Å². The van der Waals surface area contributed by atoms with E-state index in [1.165, 1.54) is 6.92 Å². The highest BCUT2D eigenvalue weighted by atomic mass is 16.5. The molecule has 7 nitrogen and oxygen atoms in total. The molecule has 0 spiro atoms. The molecule has 0 bridgehead atoms. The number of rotatable bonds is 7. The lowest BCUT2D eigenvalue weighted by atomic mass is 10.2. The fourth-order valence-corrected chi connectivity index (χ4v) is 0.755. The van der Waals surface area contributed by atoms with Crippen LogP contribution in [0.25, 0.3) is 0 Å². The number of ether oxygens (including phenoxy) is 1.